The Kier molecular flexibility index (Phi) is 23.0. The van der Waals surface area contributed by atoms with Crippen LogP contribution in [0.1, 0.15) is 116 Å². The molecule has 0 spiro atoms. The van der Waals surface area contributed by atoms with Crippen LogP contribution in [0.3, 0.4) is 0 Å². The number of nitrogens with zero attached hydrogens (tertiary/aromatic N) is 7. The van der Waals surface area contributed by atoms with Gasteiger partial charge in [0.1, 0.15) is 50.7 Å². The lowest BCUT2D eigenvalue weighted by Gasteiger charge is -2.05. The molecule has 31 heteroatoms. The second-order valence-electron chi connectivity index (χ2n) is 21.9. The molecule has 28 nitrogen and oxygen atoms in total. The normalized spacial score (nSPS) is 11.3. The summed E-state index contributed by atoms with van der Waals surface area (Å²) in [6.07, 6.45) is 8.71. The van der Waals surface area contributed by atoms with Crippen LogP contribution in [0.15, 0.2) is 208 Å². The van der Waals surface area contributed by atoms with Gasteiger partial charge in [-0.3, -0.25) is 9.59 Å². The third kappa shape index (κ3) is 15.6. The summed E-state index contributed by atoms with van der Waals surface area (Å²) in [5, 5.41) is 40.3. The number of oxime groups is 3. The van der Waals surface area contributed by atoms with E-state index in [1.54, 1.807) is 70.7 Å². The Bertz CT molecular complexity index is 5650. The zero-order valence-corrected chi connectivity index (χ0v) is 59.0. The summed E-state index contributed by atoms with van der Waals surface area (Å²) in [6, 6.07) is 44.7. The van der Waals surface area contributed by atoms with Crippen molar-refractivity contribution < 1.29 is 72.5 Å². The third-order valence-electron chi connectivity index (χ3n) is 16.0. The fourth-order valence-electron chi connectivity index (χ4n) is 10.9. The first-order valence-corrected chi connectivity index (χ1v) is 33.8. The van der Waals surface area contributed by atoms with Gasteiger partial charge in [-0.15, -0.1) is 34.0 Å². The van der Waals surface area contributed by atoms with Gasteiger partial charge in [0.2, 0.25) is 11.6 Å². The maximum Gasteiger partial charge on any atom is 0.357 e. The molecule has 15 aromatic rings. The predicted octanol–water partition coefficient (Wildman–Crippen LogP) is 13.1. The van der Waals surface area contributed by atoms with Crippen LogP contribution in [0.5, 0.6) is 0 Å². The molecule has 0 fully saturated rings. The number of aromatic amines is 6. The molecule has 5 aromatic carbocycles. The van der Waals surface area contributed by atoms with E-state index in [0.717, 1.165) is 71.2 Å². The van der Waals surface area contributed by atoms with Crippen molar-refractivity contribution in [3.05, 3.63) is 275 Å². The lowest BCUT2D eigenvalue weighted by molar-refractivity contribution is 0.0581. The summed E-state index contributed by atoms with van der Waals surface area (Å²) >= 11 is 3.74. The lowest BCUT2D eigenvalue weighted by atomic mass is 10.1. The molecule has 0 radical (unpaired) electrons. The van der Waals surface area contributed by atoms with Crippen molar-refractivity contribution in [3.63, 3.8) is 0 Å². The van der Waals surface area contributed by atoms with Gasteiger partial charge in [0.05, 0.1) is 46.9 Å². The minimum Gasteiger partial charge on any atom is -0.464 e. The van der Waals surface area contributed by atoms with Gasteiger partial charge in [-0.1, -0.05) is 106 Å². The van der Waals surface area contributed by atoms with E-state index in [9.17, 15) is 44.0 Å². The highest BCUT2D eigenvalue weighted by atomic mass is 32.1. The highest BCUT2D eigenvalue weighted by Gasteiger charge is 2.25. The van der Waals surface area contributed by atoms with Crippen LogP contribution in [-0.4, -0.2) is 161 Å². The first kappa shape index (κ1) is 72.6. The van der Waals surface area contributed by atoms with E-state index in [4.69, 9.17) is 9.57 Å². The van der Waals surface area contributed by atoms with Crippen molar-refractivity contribution in [2.75, 3.05) is 42.7 Å². The van der Waals surface area contributed by atoms with E-state index in [1.807, 2.05) is 128 Å². The molecule has 0 unspecified atom stereocenters. The van der Waals surface area contributed by atoms with E-state index in [-0.39, 0.29) is 34.3 Å². The number of esters is 5. The molecule has 15 rings (SSSR count). The maximum atomic E-state index is 12.7. The Hall–Kier alpha value is -13.7. The average Bonchev–Trinajstić information content (AvgIpc) is 1.72. The number of nitrogens with one attached hydrogen (secondary N) is 6. The summed E-state index contributed by atoms with van der Waals surface area (Å²) in [5.74, 6) is -2.78. The van der Waals surface area contributed by atoms with Crippen molar-refractivity contribution in [1.82, 2.24) is 49.4 Å². The van der Waals surface area contributed by atoms with Gasteiger partial charge in [-0.2, -0.15) is 0 Å². The molecule has 530 valence electrons. The Morgan fingerprint density at radius 2 is 0.686 bits per heavy atom. The molecule has 0 saturated carbocycles. The summed E-state index contributed by atoms with van der Waals surface area (Å²) in [7, 11) is 9.67. The van der Waals surface area contributed by atoms with Gasteiger partial charge >= 0.3 is 29.8 Å². The highest BCUT2D eigenvalue weighted by Crippen LogP contribution is 2.29. The van der Waals surface area contributed by atoms with Gasteiger partial charge in [0.25, 0.3) is 0 Å². The van der Waals surface area contributed by atoms with Crippen LogP contribution in [0.4, 0.5) is 0 Å². The molecule has 0 aliphatic rings. The maximum absolute atomic E-state index is 12.7. The largest absolute Gasteiger partial charge is 0.464 e. The van der Waals surface area contributed by atoms with Crippen molar-refractivity contribution in [2.45, 2.75) is 0 Å². The average molecular weight is 1470 g/mol. The third-order valence-corrected chi connectivity index (χ3v) is 18.5. The van der Waals surface area contributed by atoms with Crippen LogP contribution in [0.2, 0.25) is 0 Å². The molecular weight excluding hydrogens is 1410 g/mol. The summed E-state index contributed by atoms with van der Waals surface area (Å²) in [6.45, 7) is 0. The summed E-state index contributed by atoms with van der Waals surface area (Å²) in [5.41, 5.74) is 11.4. The number of hydrogen-bond acceptors (Lipinski definition) is 24. The first-order valence-electron chi connectivity index (χ1n) is 31.2. The molecule has 10 heterocycles. The van der Waals surface area contributed by atoms with Crippen LogP contribution in [0.25, 0.3) is 54.5 Å². The molecular formula is C74H61N13O15S3. The molecule has 0 saturated heterocycles. The van der Waals surface area contributed by atoms with Crippen LogP contribution < -0.4 is 0 Å². The Morgan fingerprint density at radius 1 is 0.371 bits per heavy atom. The zero-order valence-electron chi connectivity index (χ0n) is 56.5. The van der Waals surface area contributed by atoms with Crippen molar-refractivity contribution >= 4 is 147 Å². The van der Waals surface area contributed by atoms with Crippen LogP contribution in [-0.2, 0) is 35.6 Å². The quantitative estimate of drug-likeness (QED) is 0.0111. The minimum atomic E-state index is -0.520. The van der Waals surface area contributed by atoms with Gasteiger partial charge in [0, 0.05) is 137 Å². The highest BCUT2D eigenvalue weighted by molar-refractivity contribution is 7.13. The standard InChI is InChI=1S/C16H14N2O3.C15H13N3O3S.C15H12N2O3.2C14H11N3O3S/c1-18-13(7-8-14(18)16(20)21-2)15(19)11-9-17-12-6-4-3-5-10(11)12;1-20-15(19)12-8-22-14(17-12)13(18-21-2)10-7-16-11-6-4-3-5-9(10)11;1-20-15(19)13-7-6-12(17-13)14(18)10-8-16-11-5-3-2-4-9(10)11;2*1-20-14(18)11-7-21-13(16-11)12(17-19)9-6-15-10-5-3-2-4-8(9)10/h3-9,17H,1-2H3;3-8,16H,1-2H3;2-8,16-17H,1H3;2*2-7,15,19H,1H3/b;18-13+;;17-12+;17-12-. The minimum absolute atomic E-state index is 0.134. The predicted molar refractivity (Wildman–Crippen MR) is 395 cm³/mol. The number of benzene rings is 5. The fraction of sp³-hybridized carbons (Fsp3) is 0.0946. The Morgan fingerprint density at radius 3 is 1.05 bits per heavy atom. The van der Waals surface area contributed by atoms with Crippen molar-refractivity contribution in [3.8, 4) is 0 Å². The monoisotopic (exact) mass is 1470 g/mol. The number of ketones is 2. The molecule has 0 aliphatic heterocycles. The molecule has 105 heavy (non-hydrogen) atoms. The molecule has 0 atom stereocenters. The van der Waals surface area contributed by atoms with E-state index in [1.165, 1.54) is 82.7 Å². The number of H-pyrrole nitrogens is 6. The number of carbonyl (C=O) groups excluding carboxylic acids is 7. The van der Waals surface area contributed by atoms with E-state index in [0.29, 0.717) is 60.4 Å². The Balaban J connectivity index is 0.000000131. The number of thiazole rings is 3. The van der Waals surface area contributed by atoms with Gasteiger partial charge in [-0.05, 0) is 54.6 Å². The number of carbonyl (C=O) groups is 7. The van der Waals surface area contributed by atoms with E-state index in [2.05, 4.69) is 79.3 Å². The van der Waals surface area contributed by atoms with Crippen molar-refractivity contribution in [2.24, 2.45) is 22.5 Å². The number of ether oxygens (including phenoxy) is 5. The van der Waals surface area contributed by atoms with E-state index >= 15 is 0 Å². The second kappa shape index (κ2) is 33.2. The van der Waals surface area contributed by atoms with Gasteiger partial charge < -0.3 is 73.4 Å². The zero-order chi connectivity index (χ0) is 74.3. The smallest absolute Gasteiger partial charge is 0.357 e. The van der Waals surface area contributed by atoms with Gasteiger partial charge in [-0.25, -0.2) is 38.9 Å². The SMILES string of the molecule is CO/N=C(/c1nc(C(=O)OC)cs1)c1c[nH]c2ccccc12.COC(=O)c1ccc(C(=O)c2c[nH]c3ccccc23)[nH]1.COC(=O)c1ccc(C(=O)c2c[nH]c3ccccc23)n1C.COC(=O)c1csc(/C(=N/O)c2c[nH]c3ccccc23)n1.COC(=O)c1csc(/C(=N\O)c2c[nH]c3ccccc23)n1. The molecule has 10 aromatic heterocycles. The van der Waals surface area contributed by atoms with Gasteiger partial charge in [0.15, 0.2) is 17.1 Å². The number of para-hydroxylation sites is 5. The first-order chi connectivity index (χ1) is 51.1. The number of rotatable bonds is 16. The van der Waals surface area contributed by atoms with Crippen LogP contribution >= 0.6 is 34.0 Å². The number of fused-ring (bicyclic) bond motifs is 5. The molecule has 0 bridgehead atoms. The molecule has 0 aliphatic carbocycles. The summed E-state index contributed by atoms with van der Waals surface area (Å²) < 4.78 is 24.8. The van der Waals surface area contributed by atoms with Crippen LogP contribution in [0, 0.1) is 0 Å². The fourth-order valence-corrected chi connectivity index (χ4v) is 13.2. The number of aromatic nitrogens is 10. The second-order valence-corrected chi connectivity index (χ2v) is 24.5. The Labute approximate surface area is 606 Å². The topological polar surface area (TPSA) is 391 Å². The van der Waals surface area contributed by atoms with Crippen molar-refractivity contribution in [1.29, 1.82) is 0 Å². The molecule has 0 amide bonds. The number of hydrogen-bond donors (Lipinski definition) is 8. The van der Waals surface area contributed by atoms with E-state index < -0.39 is 29.8 Å². The lowest BCUT2D eigenvalue weighted by Crippen LogP contribution is -2.12. The summed E-state index contributed by atoms with van der Waals surface area (Å²) in [4.78, 5) is 118. The number of methoxy groups -OCH3 is 5. The molecule has 8 N–H and O–H groups in total.